The Labute approximate surface area is 112 Å². The summed E-state index contributed by atoms with van der Waals surface area (Å²) in [4.78, 5) is 8.09. The highest BCUT2D eigenvalue weighted by Gasteiger charge is 2.09. The number of hydrogen-bond acceptors (Lipinski definition) is 4. The van der Waals surface area contributed by atoms with E-state index in [0.29, 0.717) is 26.9 Å². The van der Waals surface area contributed by atoms with Gasteiger partial charge in [-0.2, -0.15) is 0 Å². The van der Waals surface area contributed by atoms with Gasteiger partial charge >= 0.3 is 0 Å². The van der Waals surface area contributed by atoms with Crippen molar-refractivity contribution in [2.75, 3.05) is 12.4 Å². The van der Waals surface area contributed by atoms with Crippen LogP contribution >= 0.6 is 27.5 Å². The first-order valence-corrected chi connectivity index (χ1v) is 5.99. The van der Waals surface area contributed by atoms with E-state index in [1.807, 2.05) is 0 Å². The van der Waals surface area contributed by atoms with Crippen molar-refractivity contribution >= 4 is 33.3 Å². The van der Waals surface area contributed by atoms with E-state index in [0.717, 1.165) is 0 Å². The Morgan fingerprint density at radius 2 is 1.94 bits per heavy atom. The minimum atomic E-state index is 0.451. The Bertz CT molecular complexity index is 519. The van der Waals surface area contributed by atoms with Gasteiger partial charge in [0.2, 0.25) is 5.88 Å². The van der Waals surface area contributed by atoms with E-state index < -0.39 is 0 Å². The van der Waals surface area contributed by atoms with Crippen LogP contribution in [0.1, 0.15) is 0 Å². The number of aromatic nitrogens is 2. The van der Waals surface area contributed by atoms with Gasteiger partial charge in [0, 0.05) is 12.1 Å². The van der Waals surface area contributed by atoms with Crippen LogP contribution in [0.5, 0.6) is 11.6 Å². The van der Waals surface area contributed by atoms with Crippen LogP contribution in [0.4, 0.5) is 5.82 Å². The Hall–Kier alpha value is -1.33. The number of nitrogens with zero attached hydrogens (tertiary/aromatic N) is 2. The molecule has 1 N–H and O–H groups in total. The zero-order valence-corrected chi connectivity index (χ0v) is 11.3. The average Bonchev–Trinajstić information content (AvgIpc) is 2.35. The number of benzene rings is 1. The molecule has 0 amide bonds. The van der Waals surface area contributed by atoms with Crippen molar-refractivity contribution in [1.29, 1.82) is 0 Å². The molecule has 0 fully saturated rings. The van der Waals surface area contributed by atoms with Gasteiger partial charge in [0.25, 0.3) is 0 Å². The van der Waals surface area contributed by atoms with E-state index >= 15 is 0 Å². The van der Waals surface area contributed by atoms with Crippen LogP contribution in [0, 0.1) is 0 Å². The van der Waals surface area contributed by atoms with E-state index in [1.54, 1.807) is 31.3 Å². The second-order valence-electron chi connectivity index (χ2n) is 3.15. The van der Waals surface area contributed by atoms with E-state index in [2.05, 4.69) is 31.2 Å². The van der Waals surface area contributed by atoms with Crippen LogP contribution in [-0.2, 0) is 0 Å². The molecule has 0 unspecified atom stereocenters. The van der Waals surface area contributed by atoms with E-state index in [1.165, 1.54) is 6.33 Å². The molecule has 0 saturated heterocycles. The number of halogens is 2. The van der Waals surface area contributed by atoms with Crippen LogP contribution in [0.15, 0.2) is 35.1 Å². The molecule has 17 heavy (non-hydrogen) atoms. The largest absolute Gasteiger partial charge is 0.438 e. The lowest BCUT2D eigenvalue weighted by Crippen LogP contribution is -1.97. The molecule has 0 spiro atoms. The van der Waals surface area contributed by atoms with Gasteiger partial charge in [-0.1, -0.05) is 11.6 Å². The molecule has 6 heteroatoms. The van der Waals surface area contributed by atoms with Gasteiger partial charge in [-0.05, 0) is 40.2 Å². The molecule has 0 radical (unpaired) electrons. The van der Waals surface area contributed by atoms with Crippen LogP contribution in [0.2, 0.25) is 5.02 Å². The number of hydrogen-bond donors (Lipinski definition) is 1. The fourth-order valence-electron chi connectivity index (χ4n) is 1.21. The summed E-state index contributed by atoms with van der Waals surface area (Å²) in [6, 6.07) is 7.06. The molecule has 1 aromatic carbocycles. The van der Waals surface area contributed by atoms with Crippen molar-refractivity contribution in [2.45, 2.75) is 0 Å². The highest BCUT2D eigenvalue weighted by Crippen LogP contribution is 2.31. The zero-order valence-electron chi connectivity index (χ0n) is 8.95. The quantitative estimate of drug-likeness (QED) is 0.938. The van der Waals surface area contributed by atoms with E-state index in [-0.39, 0.29) is 0 Å². The maximum Gasteiger partial charge on any atom is 0.238 e. The highest BCUT2D eigenvalue weighted by atomic mass is 79.9. The Balaban J connectivity index is 2.27. The average molecular weight is 315 g/mol. The van der Waals surface area contributed by atoms with E-state index in [9.17, 15) is 0 Å². The number of ether oxygens (including phenoxy) is 1. The third kappa shape index (κ3) is 2.87. The van der Waals surface area contributed by atoms with Crippen molar-refractivity contribution in [3.8, 4) is 11.6 Å². The van der Waals surface area contributed by atoms with Crippen LogP contribution in [-0.4, -0.2) is 17.0 Å². The lowest BCUT2D eigenvalue weighted by molar-refractivity contribution is 0.458. The van der Waals surface area contributed by atoms with Gasteiger partial charge in [0.15, 0.2) is 0 Å². The summed E-state index contributed by atoms with van der Waals surface area (Å²) in [5.41, 5.74) is 0. The molecule has 0 aliphatic carbocycles. The monoisotopic (exact) mass is 313 g/mol. The van der Waals surface area contributed by atoms with Crippen molar-refractivity contribution in [3.63, 3.8) is 0 Å². The number of rotatable bonds is 3. The molecular formula is C11H9BrClN3O. The summed E-state index contributed by atoms with van der Waals surface area (Å²) in [7, 11) is 1.78. The molecule has 2 aromatic rings. The van der Waals surface area contributed by atoms with Gasteiger partial charge in [-0.15, -0.1) is 0 Å². The minimum Gasteiger partial charge on any atom is -0.438 e. The molecule has 88 valence electrons. The van der Waals surface area contributed by atoms with Gasteiger partial charge in [-0.25, -0.2) is 9.97 Å². The third-order valence-electron chi connectivity index (χ3n) is 2.02. The highest BCUT2D eigenvalue weighted by molar-refractivity contribution is 9.10. The fraction of sp³-hybridized carbons (Fsp3) is 0.0909. The molecule has 0 saturated carbocycles. The molecule has 1 heterocycles. The second-order valence-corrected chi connectivity index (χ2v) is 4.38. The van der Waals surface area contributed by atoms with E-state index in [4.69, 9.17) is 16.3 Å². The SMILES string of the molecule is CNc1ncnc(Oc2ccc(Cl)cc2)c1Br. The number of nitrogens with one attached hydrogen (secondary N) is 1. The Morgan fingerprint density at radius 1 is 1.24 bits per heavy atom. The van der Waals surface area contributed by atoms with Crippen LogP contribution in [0.25, 0.3) is 0 Å². The summed E-state index contributed by atoms with van der Waals surface area (Å²) in [5.74, 6) is 1.78. The normalized spacial score (nSPS) is 10.1. The lowest BCUT2D eigenvalue weighted by Gasteiger charge is -2.08. The molecular weight excluding hydrogens is 305 g/mol. The second kappa shape index (κ2) is 5.33. The molecule has 1 aromatic heterocycles. The topological polar surface area (TPSA) is 47.0 Å². The molecule has 2 rings (SSSR count). The predicted octanol–water partition coefficient (Wildman–Crippen LogP) is 3.73. The standard InChI is InChI=1S/C11H9BrClN3O/c1-14-10-9(12)11(16-6-15-10)17-8-4-2-7(13)3-5-8/h2-6H,1H3,(H,14,15,16). The van der Waals surface area contributed by atoms with Crippen molar-refractivity contribution in [3.05, 3.63) is 40.1 Å². The first kappa shape index (κ1) is 12.1. The van der Waals surface area contributed by atoms with Crippen molar-refractivity contribution in [2.24, 2.45) is 0 Å². The lowest BCUT2D eigenvalue weighted by atomic mass is 10.3. The third-order valence-corrected chi connectivity index (χ3v) is 2.99. The molecule has 0 bridgehead atoms. The fourth-order valence-corrected chi connectivity index (χ4v) is 1.82. The first-order valence-electron chi connectivity index (χ1n) is 4.82. The van der Waals surface area contributed by atoms with Crippen LogP contribution in [0.3, 0.4) is 0 Å². The van der Waals surface area contributed by atoms with Gasteiger partial charge < -0.3 is 10.1 Å². The molecule has 0 atom stereocenters. The van der Waals surface area contributed by atoms with Gasteiger partial charge in [-0.3, -0.25) is 0 Å². The smallest absolute Gasteiger partial charge is 0.238 e. The van der Waals surface area contributed by atoms with Crippen molar-refractivity contribution in [1.82, 2.24) is 9.97 Å². The maximum absolute atomic E-state index is 5.79. The van der Waals surface area contributed by atoms with Crippen LogP contribution < -0.4 is 10.1 Å². The predicted molar refractivity (Wildman–Crippen MR) is 70.8 cm³/mol. The Kier molecular flexibility index (Phi) is 3.81. The summed E-state index contributed by atoms with van der Waals surface area (Å²) in [5, 5.41) is 3.59. The summed E-state index contributed by atoms with van der Waals surface area (Å²) >= 11 is 9.17. The van der Waals surface area contributed by atoms with Gasteiger partial charge in [0.1, 0.15) is 22.4 Å². The molecule has 0 aliphatic heterocycles. The van der Waals surface area contributed by atoms with Gasteiger partial charge in [0.05, 0.1) is 0 Å². The van der Waals surface area contributed by atoms with Crippen molar-refractivity contribution < 1.29 is 4.74 Å². The number of anilines is 1. The Morgan fingerprint density at radius 3 is 2.59 bits per heavy atom. The molecule has 0 aliphatic rings. The maximum atomic E-state index is 5.79. The molecule has 4 nitrogen and oxygen atoms in total. The summed E-state index contributed by atoms with van der Waals surface area (Å²) < 4.78 is 6.29. The minimum absolute atomic E-state index is 0.451. The zero-order chi connectivity index (χ0) is 12.3. The summed E-state index contributed by atoms with van der Waals surface area (Å²) in [6.07, 6.45) is 1.43. The summed E-state index contributed by atoms with van der Waals surface area (Å²) in [6.45, 7) is 0. The first-order chi connectivity index (χ1) is 8.20.